The van der Waals surface area contributed by atoms with Crippen LogP contribution in [0.25, 0.3) is 0 Å². The van der Waals surface area contributed by atoms with Crippen molar-refractivity contribution in [3.05, 3.63) is 29.8 Å². The first-order valence-corrected chi connectivity index (χ1v) is 6.83. The Morgan fingerprint density at radius 2 is 2.22 bits per heavy atom. The number of carbonyl (C=O) groups excluding carboxylic acids is 1. The summed E-state index contributed by atoms with van der Waals surface area (Å²) >= 11 is 0. The number of amides is 1. The topological polar surface area (TPSA) is 46.3 Å². The van der Waals surface area contributed by atoms with Crippen LogP contribution in [-0.2, 0) is 11.2 Å². The van der Waals surface area contributed by atoms with Crippen LogP contribution in [-0.4, -0.2) is 18.5 Å². The van der Waals surface area contributed by atoms with Crippen molar-refractivity contribution >= 4 is 11.6 Å². The Bertz CT molecular complexity index is 458. The van der Waals surface area contributed by atoms with Gasteiger partial charge in [-0.3, -0.25) is 4.79 Å². The molecule has 1 radical (unpaired) electrons. The lowest BCUT2D eigenvalue weighted by Crippen LogP contribution is -2.45. The zero-order chi connectivity index (χ0) is 12.5. The smallest absolute Gasteiger partial charge is 0.231 e. The molecule has 3 heteroatoms. The van der Waals surface area contributed by atoms with Crippen molar-refractivity contribution in [2.24, 2.45) is 11.7 Å². The molecule has 1 saturated carbocycles. The maximum atomic E-state index is 12.6. The van der Waals surface area contributed by atoms with Gasteiger partial charge in [0.05, 0.1) is 5.92 Å². The molecule has 1 aliphatic carbocycles. The minimum Gasteiger partial charge on any atom is -0.327 e. The Balaban J connectivity index is 1.82. The van der Waals surface area contributed by atoms with Crippen LogP contribution in [0.5, 0.6) is 0 Å². The number of hydrogen-bond donors (Lipinski definition) is 1. The quantitative estimate of drug-likeness (QED) is 0.818. The lowest BCUT2D eigenvalue weighted by Gasteiger charge is -2.31. The fourth-order valence-electron chi connectivity index (χ4n) is 3.16. The highest BCUT2D eigenvalue weighted by Crippen LogP contribution is 2.32. The number of rotatable bonds is 1. The number of anilines is 1. The number of fused-ring (bicyclic) bond motifs is 1. The molecule has 0 saturated heterocycles. The van der Waals surface area contributed by atoms with Gasteiger partial charge in [0.15, 0.2) is 0 Å². The van der Waals surface area contributed by atoms with E-state index in [4.69, 9.17) is 5.73 Å². The van der Waals surface area contributed by atoms with Crippen molar-refractivity contribution in [1.29, 1.82) is 0 Å². The van der Waals surface area contributed by atoms with Crippen LogP contribution in [0.1, 0.15) is 31.2 Å². The number of hydrogen-bond acceptors (Lipinski definition) is 2. The molecule has 3 rings (SSSR count). The third-order valence-corrected chi connectivity index (χ3v) is 4.23. The Morgan fingerprint density at radius 3 is 3.06 bits per heavy atom. The molecule has 1 heterocycles. The minimum atomic E-state index is 0.0184. The summed E-state index contributed by atoms with van der Waals surface area (Å²) < 4.78 is 0. The van der Waals surface area contributed by atoms with E-state index in [-0.39, 0.29) is 17.9 Å². The molecule has 2 aliphatic rings. The fraction of sp³-hybridized carbons (Fsp3) is 0.533. The fourth-order valence-corrected chi connectivity index (χ4v) is 3.16. The molecule has 1 aromatic carbocycles. The van der Waals surface area contributed by atoms with E-state index >= 15 is 0 Å². The van der Waals surface area contributed by atoms with Gasteiger partial charge >= 0.3 is 0 Å². The maximum Gasteiger partial charge on any atom is 0.231 e. The SMILES string of the molecule is NC1CCCCC1C(=O)N1CCc2cc[c]cc21. The van der Waals surface area contributed by atoms with Crippen molar-refractivity contribution in [1.82, 2.24) is 0 Å². The molecular weight excluding hydrogens is 224 g/mol. The van der Waals surface area contributed by atoms with Gasteiger partial charge < -0.3 is 10.6 Å². The molecular formula is C15H19N2O. The Morgan fingerprint density at radius 1 is 1.39 bits per heavy atom. The van der Waals surface area contributed by atoms with Gasteiger partial charge in [-0.15, -0.1) is 0 Å². The summed E-state index contributed by atoms with van der Waals surface area (Å²) in [4.78, 5) is 14.5. The summed E-state index contributed by atoms with van der Waals surface area (Å²) in [6.45, 7) is 0.801. The highest BCUT2D eigenvalue weighted by atomic mass is 16.2. The molecule has 0 aromatic heterocycles. The zero-order valence-electron chi connectivity index (χ0n) is 10.6. The molecule has 0 bridgehead atoms. The highest BCUT2D eigenvalue weighted by Gasteiger charge is 2.34. The van der Waals surface area contributed by atoms with Crippen molar-refractivity contribution in [2.45, 2.75) is 38.1 Å². The second kappa shape index (κ2) is 4.73. The van der Waals surface area contributed by atoms with E-state index < -0.39 is 0 Å². The second-order valence-electron chi connectivity index (χ2n) is 5.35. The van der Waals surface area contributed by atoms with Crippen LogP contribution < -0.4 is 10.6 Å². The minimum absolute atomic E-state index is 0.0184. The standard InChI is InChI=1S/C15H19N2O/c16-13-7-3-2-6-12(13)15(18)17-10-9-11-5-1-4-8-14(11)17/h1,5,8,12-13H,2-3,6-7,9-10,16H2. The molecule has 95 valence electrons. The summed E-state index contributed by atoms with van der Waals surface area (Å²) in [5.41, 5.74) is 8.41. The van der Waals surface area contributed by atoms with E-state index in [0.29, 0.717) is 0 Å². The van der Waals surface area contributed by atoms with Crippen LogP contribution in [0.4, 0.5) is 5.69 Å². The van der Waals surface area contributed by atoms with E-state index in [2.05, 4.69) is 12.1 Å². The van der Waals surface area contributed by atoms with E-state index in [1.165, 1.54) is 5.56 Å². The Kier molecular flexibility index (Phi) is 3.08. The van der Waals surface area contributed by atoms with Crippen molar-refractivity contribution < 1.29 is 4.79 Å². The average molecular weight is 243 g/mol. The van der Waals surface area contributed by atoms with Crippen LogP contribution >= 0.6 is 0 Å². The van der Waals surface area contributed by atoms with Crippen LogP contribution in [0, 0.1) is 12.0 Å². The van der Waals surface area contributed by atoms with Crippen LogP contribution in [0.15, 0.2) is 18.2 Å². The first-order chi connectivity index (χ1) is 8.77. The number of benzene rings is 1. The predicted molar refractivity (Wildman–Crippen MR) is 71.3 cm³/mol. The van der Waals surface area contributed by atoms with Crippen molar-refractivity contribution in [2.75, 3.05) is 11.4 Å². The van der Waals surface area contributed by atoms with Crippen molar-refractivity contribution in [3.63, 3.8) is 0 Å². The Labute approximate surface area is 108 Å². The van der Waals surface area contributed by atoms with Crippen LogP contribution in [0.3, 0.4) is 0 Å². The number of nitrogens with two attached hydrogens (primary N) is 1. The van der Waals surface area contributed by atoms with Gasteiger partial charge in [-0.1, -0.05) is 25.0 Å². The molecule has 1 aromatic rings. The molecule has 2 unspecified atom stereocenters. The molecule has 2 N–H and O–H groups in total. The average Bonchev–Trinajstić information content (AvgIpc) is 2.82. The normalized spacial score (nSPS) is 27.1. The first kappa shape index (κ1) is 11.7. The Hall–Kier alpha value is -1.35. The third kappa shape index (κ3) is 1.93. The third-order valence-electron chi connectivity index (χ3n) is 4.23. The van der Waals surface area contributed by atoms with Gasteiger partial charge in [0.1, 0.15) is 0 Å². The summed E-state index contributed by atoms with van der Waals surface area (Å²) in [6, 6.07) is 9.01. The molecule has 0 spiro atoms. The van der Waals surface area contributed by atoms with Gasteiger partial charge in [0, 0.05) is 18.3 Å². The van der Waals surface area contributed by atoms with E-state index in [9.17, 15) is 4.79 Å². The number of nitrogens with zero attached hydrogens (tertiary/aromatic N) is 1. The van der Waals surface area contributed by atoms with E-state index in [1.807, 2.05) is 17.0 Å². The monoisotopic (exact) mass is 243 g/mol. The van der Waals surface area contributed by atoms with Gasteiger partial charge in [-0.05, 0) is 37.0 Å². The molecule has 3 nitrogen and oxygen atoms in total. The largest absolute Gasteiger partial charge is 0.327 e. The van der Waals surface area contributed by atoms with Gasteiger partial charge in [0.2, 0.25) is 5.91 Å². The van der Waals surface area contributed by atoms with E-state index in [1.54, 1.807) is 0 Å². The second-order valence-corrected chi connectivity index (χ2v) is 5.35. The molecule has 1 fully saturated rings. The van der Waals surface area contributed by atoms with Crippen LogP contribution in [0.2, 0.25) is 0 Å². The summed E-state index contributed by atoms with van der Waals surface area (Å²) in [6.07, 6.45) is 5.18. The van der Waals surface area contributed by atoms with Gasteiger partial charge in [-0.2, -0.15) is 0 Å². The summed E-state index contributed by atoms with van der Waals surface area (Å²) in [7, 11) is 0. The zero-order valence-corrected chi connectivity index (χ0v) is 10.6. The molecule has 1 amide bonds. The van der Waals surface area contributed by atoms with E-state index in [0.717, 1.165) is 44.3 Å². The molecule has 18 heavy (non-hydrogen) atoms. The maximum absolute atomic E-state index is 12.6. The highest BCUT2D eigenvalue weighted by molar-refractivity contribution is 5.97. The lowest BCUT2D eigenvalue weighted by atomic mass is 9.84. The van der Waals surface area contributed by atoms with Crippen molar-refractivity contribution in [3.8, 4) is 0 Å². The molecule has 1 aliphatic heterocycles. The summed E-state index contributed by atoms with van der Waals surface area (Å²) in [5, 5.41) is 0. The summed E-state index contributed by atoms with van der Waals surface area (Å²) in [5.74, 6) is 0.241. The first-order valence-electron chi connectivity index (χ1n) is 6.83. The van der Waals surface area contributed by atoms with Gasteiger partial charge in [-0.25, -0.2) is 0 Å². The van der Waals surface area contributed by atoms with Gasteiger partial charge in [0.25, 0.3) is 0 Å². The number of carbonyl (C=O) groups is 1. The predicted octanol–water partition coefficient (Wildman–Crippen LogP) is 1.89. The lowest BCUT2D eigenvalue weighted by molar-refractivity contribution is -0.123. The molecule has 2 atom stereocenters.